The van der Waals surface area contributed by atoms with Gasteiger partial charge in [0.1, 0.15) is 5.82 Å². The van der Waals surface area contributed by atoms with E-state index in [4.69, 9.17) is 5.11 Å². The first-order chi connectivity index (χ1) is 6.16. The van der Waals surface area contributed by atoms with Crippen LogP contribution in [0.15, 0.2) is 6.07 Å². The summed E-state index contributed by atoms with van der Waals surface area (Å²) in [6, 6.07) is 1.96. The SMILES string of the molecule is CC1CCn2nc(C(=O)O)cc2N1. The second kappa shape index (κ2) is 2.76. The molecule has 0 amide bonds. The summed E-state index contributed by atoms with van der Waals surface area (Å²) in [7, 11) is 0. The van der Waals surface area contributed by atoms with Gasteiger partial charge in [-0.05, 0) is 13.3 Å². The third-order valence-corrected chi connectivity index (χ3v) is 2.17. The molecule has 1 atom stereocenters. The Balaban J connectivity index is 2.33. The van der Waals surface area contributed by atoms with Crippen LogP contribution in [-0.4, -0.2) is 26.9 Å². The molecule has 0 bridgehead atoms. The molecule has 1 aromatic rings. The van der Waals surface area contributed by atoms with E-state index in [0.717, 1.165) is 18.8 Å². The summed E-state index contributed by atoms with van der Waals surface area (Å²) in [5.41, 5.74) is 0.108. The minimum absolute atomic E-state index is 0.108. The van der Waals surface area contributed by atoms with E-state index in [1.165, 1.54) is 0 Å². The molecule has 0 aromatic carbocycles. The third-order valence-electron chi connectivity index (χ3n) is 2.17. The summed E-state index contributed by atoms with van der Waals surface area (Å²) < 4.78 is 1.70. The van der Waals surface area contributed by atoms with E-state index in [9.17, 15) is 4.79 Å². The molecule has 1 aliphatic rings. The van der Waals surface area contributed by atoms with E-state index in [1.807, 2.05) is 0 Å². The predicted octanol–water partition coefficient (Wildman–Crippen LogP) is 0.785. The number of hydrogen-bond acceptors (Lipinski definition) is 3. The van der Waals surface area contributed by atoms with E-state index in [2.05, 4.69) is 17.3 Å². The molecule has 1 aliphatic heterocycles. The maximum atomic E-state index is 10.6. The minimum atomic E-state index is -0.976. The van der Waals surface area contributed by atoms with Gasteiger partial charge in [-0.1, -0.05) is 0 Å². The lowest BCUT2D eigenvalue weighted by molar-refractivity contribution is 0.0689. The van der Waals surface area contributed by atoms with Gasteiger partial charge in [0.2, 0.25) is 0 Å². The molecule has 5 nitrogen and oxygen atoms in total. The van der Waals surface area contributed by atoms with Crippen LogP contribution in [0.25, 0.3) is 0 Å². The molecule has 1 unspecified atom stereocenters. The molecule has 0 spiro atoms. The van der Waals surface area contributed by atoms with Gasteiger partial charge in [-0.15, -0.1) is 0 Å². The third kappa shape index (κ3) is 1.37. The van der Waals surface area contributed by atoms with Gasteiger partial charge in [-0.3, -0.25) is 0 Å². The van der Waals surface area contributed by atoms with Crippen LogP contribution in [0.5, 0.6) is 0 Å². The van der Waals surface area contributed by atoms with E-state index in [0.29, 0.717) is 6.04 Å². The van der Waals surface area contributed by atoms with Crippen molar-refractivity contribution in [1.82, 2.24) is 9.78 Å². The van der Waals surface area contributed by atoms with Crippen molar-refractivity contribution < 1.29 is 9.90 Å². The highest BCUT2D eigenvalue weighted by Crippen LogP contribution is 2.18. The first kappa shape index (κ1) is 8.10. The number of aromatic nitrogens is 2. The number of rotatable bonds is 1. The molecule has 13 heavy (non-hydrogen) atoms. The van der Waals surface area contributed by atoms with Gasteiger partial charge in [-0.2, -0.15) is 5.10 Å². The highest BCUT2D eigenvalue weighted by atomic mass is 16.4. The van der Waals surface area contributed by atoms with Gasteiger partial charge in [0.25, 0.3) is 0 Å². The fraction of sp³-hybridized carbons (Fsp3) is 0.500. The zero-order chi connectivity index (χ0) is 9.42. The minimum Gasteiger partial charge on any atom is -0.476 e. The van der Waals surface area contributed by atoms with Crippen LogP contribution in [0.2, 0.25) is 0 Å². The smallest absolute Gasteiger partial charge is 0.356 e. The Morgan fingerprint density at radius 1 is 1.85 bits per heavy atom. The van der Waals surface area contributed by atoms with Crippen molar-refractivity contribution in [2.75, 3.05) is 5.32 Å². The molecule has 1 aromatic heterocycles. The number of nitrogens with zero attached hydrogens (tertiary/aromatic N) is 2. The molecule has 2 rings (SSSR count). The maximum absolute atomic E-state index is 10.6. The van der Waals surface area contributed by atoms with Crippen molar-refractivity contribution in [3.63, 3.8) is 0 Å². The van der Waals surface area contributed by atoms with Crippen molar-refractivity contribution >= 4 is 11.8 Å². The van der Waals surface area contributed by atoms with Crippen molar-refractivity contribution in [2.24, 2.45) is 0 Å². The Labute approximate surface area is 75.4 Å². The number of hydrogen-bond donors (Lipinski definition) is 2. The number of aryl methyl sites for hydroxylation is 1. The number of aromatic carboxylic acids is 1. The number of carbonyl (C=O) groups is 1. The van der Waals surface area contributed by atoms with E-state index < -0.39 is 5.97 Å². The van der Waals surface area contributed by atoms with Crippen molar-refractivity contribution in [1.29, 1.82) is 0 Å². The second-order valence-electron chi connectivity index (χ2n) is 3.28. The summed E-state index contributed by atoms with van der Waals surface area (Å²) >= 11 is 0. The highest BCUT2D eigenvalue weighted by molar-refractivity contribution is 5.86. The van der Waals surface area contributed by atoms with E-state index in [-0.39, 0.29) is 5.69 Å². The Morgan fingerprint density at radius 3 is 3.31 bits per heavy atom. The van der Waals surface area contributed by atoms with E-state index >= 15 is 0 Å². The lowest BCUT2D eigenvalue weighted by Crippen LogP contribution is -2.25. The zero-order valence-electron chi connectivity index (χ0n) is 7.32. The van der Waals surface area contributed by atoms with Crippen LogP contribution in [0.4, 0.5) is 5.82 Å². The molecule has 0 fully saturated rings. The normalized spacial score (nSPS) is 20.5. The standard InChI is InChI=1S/C8H11N3O2/c1-5-2-3-11-7(9-5)4-6(10-11)8(12)13/h4-5,9H,2-3H2,1H3,(H,12,13). The Kier molecular flexibility index (Phi) is 1.72. The molecule has 0 radical (unpaired) electrons. The number of carboxylic acid groups (broad SMARTS) is 1. The largest absolute Gasteiger partial charge is 0.476 e. The molecule has 5 heteroatoms. The van der Waals surface area contributed by atoms with Crippen LogP contribution in [0, 0.1) is 0 Å². The monoisotopic (exact) mass is 181 g/mol. The average molecular weight is 181 g/mol. The van der Waals surface area contributed by atoms with Crippen LogP contribution >= 0.6 is 0 Å². The Morgan fingerprint density at radius 2 is 2.62 bits per heavy atom. The molecule has 70 valence electrons. The predicted molar refractivity (Wildman–Crippen MR) is 46.9 cm³/mol. The fourth-order valence-corrected chi connectivity index (χ4v) is 1.45. The van der Waals surface area contributed by atoms with Gasteiger partial charge in [0, 0.05) is 18.7 Å². The van der Waals surface area contributed by atoms with Gasteiger partial charge >= 0.3 is 5.97 Å². The van der Waals surface area contributed by atoms with Crippen LogP contribution in [0.3, 0.4) is 0 Å². The molecule has 0 saturated carbocycles. The molecular formula is C8H11N3O2. The first-order valence-corrected chi connectivity index (χ1v) is 4.24. The lowest BCUT2D eigenvalue weighted by Gasteiger charge is -2.21. The molecule has 2 heterocycles. The van der Waals surface area contributed by atoms with Crippen LogP contribution in [-0.2, 0) is 6.54 Å². The van der Waals surface area contributed by atoms with Gasteiger partial charge in [0.05, 0.1) is 0 Å². The quantitative estimate of drug-likeness (QED) is 0.672. The summed E-state index contributed by atoms with van der Waals surface area (Å²) in [5.74, 6) is -0.174. The van der Waals surface area contributed by atoms with Crippen molar-refractivity contribution in [2.45, 2.75) is 25.9 Å². The van der Waals surface area contributed by atoms with Crippen molar-refractivity contribution in [3.05, 3.63) is 11.8 Å². The van der Waals surface area contributed by atoms with Gasteiger partial charge in [-0.25, -0.2) is 9.48 Å². The lowest BCUT2D eigenvalue weighted by atomic mass is 10.2. The van der Waals surface area contributed by atoms with Gasteiger partial charge in [0.15, 0.2) is 5.69 Å². The maximum Gasteiger partial charge on any atom is 0.356 e. The Hall–Kier alpha value is -1.52. The molecule has 2 N–H and O–H groups in total. The van der Waals surface area contributed by atoms with Crippen LogP contribution in [0.1, 0.15) is 23.8 Å². The number of nitrogens with one attached hydrogen (secondary N) is 1. The summed E-state index contributed by atoms with van der Waals surface area (Å²) in [5, 5.41) is 15.8. The topological polar surface area (TPSA) is 67.2 Å². The van der Waals surface area contributed by atoms with Crippen LogP contribution < -0.4 is 5.32 Å². The highest BCUT2D eigenvalue weighted by Gasteiger charge is 2.18. The fourth-order valence-electron chi connectivity index (χ4n) is 1.45. The molecular weight excluding hydrogens is 170 g/mol. The zero-order valence-corrected chi connectivity index (χ0v) is 7.32. The summed E-state index contributed by atoms with van der Waals surface area (Å²) in [6.45, 7) is 2.85. The van der Waals surface area contributed by atoms with Crippen molar-refractivity contribution in [3.8, 4) is 0 Å². The second-order valence-corrected chi connectivity index (χ2v) is 3.28. The summed E-state index contributed by atoms with van der Waals surface area (Å²) in [6.07, 6.45) is 0.980. The molecule has 0 aliphatic carbocycles. The number of carboxylic acids is 1. The summed E-state index contributed by atoms with van der Waals surface area (Å²) in [4.78, 5) is 10.6. The Bertz CT molecular complexity index is 345. The first-order valence-electron chi connectivity index (χ1n) is 4.24. The number of anilines is 1. The average Bonchev–Trinajstić information content (AvgIpc) is 2.46. The molecule has 0 saturated heterocycles. The van der Waals surface area contributed by atoms with Gasteiger partial charge < -0.3 is 10.4 Å². The number of fused-ring (bicyclic) bond motifs is 1. The van der Waals surface area contributed by atoms with E-state index in [1.54, 1.807) is 10.7 Å².